The number of anilines is 1. The van der Waals surface area contributed by atoms with Crippen LogP contribution in [-0.4, -0.2) is 38.8 Å². The highest BCUT2D eigenvalue weighted by atomic mass is 32.2. The first-order valence-corrected chi connectivity index (χ1v) is 10.0. The minimum absolute atomic E-state index is 0.0655. The summed E-state index contributed by atoms with van der Waals surface area (Å²) in [6.07, 6.45) is 0. The summed E-state index contributed by atoms with van der Waals surface area (Å²) in [6, 6.07) is 10.4. The van der Waals surface area contributed by atoms with E-state index in [0.717, 1.165) is 18.2 Å². The highest BCUT2D eigenvalue weighted by Crippen LogP contribution is 2.33. The van der Waals surface area contributed by atoms with Crippen molar-refractivity contribution < 1.29 is 26.7 Å². The van der Waals surface area contributed by atoms with Crippen LogP contribution < -0.4 is 10.1 Å². The number of hydrogen-bond donors (Lipinski definition) is 1. The summed E-state index contributed by atoms with van der Waals surface area (Å²) in [5.74, 6) is -5.33. The molecule has 6 nitrogen and oxygen atoms in total. The topological polar surface area (TPSA) is 75.7 Å². The molecule has 0 atom stereocenters. The molecule has 2 aromatic carbocycles. The second kappa shape index (κ2) is 8.66. The van der Waals surface area contributed by atoms with Gasteiger partial charge in [0.1, 0.15) is 5.75 Å². The monoisotopic (exact) mass is 412 g/mol. The van der Waals surface area contributed by atoms with E-state index in [4.69, 9.17) is 4.74 Å². The van der Waals surface area contributed by atoms with Gasteiger partial charge < -0.3 is 10.1 Å². The number of halogens is 2. The van der Waals surface area contributed by atoms with Crippen molar-refractivity contribution in [3.8, 4) is 5.75 Å². The zero-order valence-electron chi connectivity index (χ0n) is 15.8. The third kappa shape index (κ3) is 4.31. The third-order valence-corrected chi connectivity index (χ3v) is 6.23. The summed E-state index contributed by atoms with van der Waals surface area (Å²) in [6.45, 7) is 3.87. The number of sulfonamides is 1. The molecule has 0 heterocycles. The summed E-state index contributed by atoms with van der Waals surface area (Å²) in [7, 11) is -2.54. The predicted molar refractivity (Wildman–Crippen MR) is 102 cm³/mol. The fourth-order valence-electron chi connectivity index (χ4n) is 2.64. The van der Waals surface area contributed by atoms with Crippen molar-refractivity contribution in [1.29, 1.82) is 0 Å². The Balaban J connectivity index is 2.41. The predicted octanol–water partition coefficient (Wildman–Crippen LogP) is 3.46. The number of alkyl halides is 2. The fraction of sp³-hybridized carbons (Fsp3) is 0.316. The van der Waals surface area contributed by atoms with Crippen molar-refractivity contribution >= 4 is 21.6 Å². The van der Waals surface area contributed by atoms with E-state index in [1.54, 1.807) is 19.9 Å². The molecule has 0 bridgehead atoms. The summed E-state index contributed by atoms with van der Waals surface area (Å²) in [4.78, 5) is 12.1. The Morgan fingerprint density at radius 3 is 2.25 bits per heavy atom. The van der Waals surface area contributed by atoms with Gasteiger partial charge in [0.2, 0.25) is 10.0 Å². The van der Waals surface area contributed by atoms with Crippen LogP contribution in [0, 0.1) is 0 Å². The quantitative estimate of drug-likeness (QED) is 0.721. The molecular formula is C19H22F2N2O4S. The van der Waals surface area contributed by atoms with Crippen LogP contribution in [0.2, 0.25) is 0 Å². The Morgan fingerprint density at radius 2 is 1.71 bits per heavy atom. The summed E-state index contributed by atoms with van der Waals surface area (Å²) in [5, 5.41) is 2.09. The van der Waals surface area contributed by atoms with E-state index in [2.05, 4.69) is 5.32 Å². The van der Waals surface area contributed by atoms with E-state index < -0.39 is 27.4 Å². The average Bonchev–Trinajstić information content (AvgIpc) is 2.69. The van der Waals surface area contributed by atoms with Gasteiger partial charge in [0, 0.05) is 18.7 Å². The maximum atomic E-state index is 14.5. The highest BCUT2D eigenvalue weighted by molar-refractivity contribution is 7.89. The van der Waals surface area contributed by atoms with Gasteiger partial charge in [-0.2, -0.15) is 13.1 Å². The van der Waals surface area contributed by atoms with Crippen LogP contribution >= 0.6 is 0 Å². The Morgan fingerprint density at radius 1 is 1.11 bits per heavy atom. The first kappa shape index (κ1) is 21.8. The Kier molecular flexibility index (Phi) is 6.73. The fourth-order valence-corrected chi connectivity index (χ4v) is 4.12. The van der Waals surface area contributed by atoms with E-state index in [1.807, 2.05) is 0 Å². The van der Waals surface area contributed by atoms with Gasteiger partial charge in [0.15, 0.2) is 0 Å². The number of nitrogens with one attached hydrogen (secondary N) is 1. The van der Waals surface area contributed by atoms with Crippen LogP contribution in [-0.2, 0) is 20.7 Å². The maximum Gasteiger partial charge on any atom is 0.350 e. The highest BCUT2D eigenvalue weighted by Gasteiger charge is 2.41. The van der Waals surface area contributed by atoms with Crippen LogP contribution in [0.5, 0.6) is 5.75 Å². The maximum absolute atomic E-state index is 14.5. The van der Waals surface area contributed by atoms with Crippen LogP contribution in [0.25, 0.3) is 0 Å². The lowest BCUT2D eigenvalue weighted by molar-refractivity contribution is -0.140. The van der Waals surface area contributed by atoms with Gasteiger partial charge >= 0.3 is 5.92 Å². The van der Waals surface area contributed by atoms with E-state index in [0.29, 0.717) is 0 Å². The molecule has 0 aliphatic heterocycles. The lowest BCUT2D eigenvalue weighted by atomic mass is 10.1. The second-order valence-electron chi connectivity index (χ2n) is 5.85. The zero-order chi connectivity index (χ0) is 20.9. The molecule has 2 rings (SSSR count). The van der Waals surface area contributed by atoms with Crippen molar-refractivity contribution in [3.05, 3.63) is 54.1 Å². The van der Waals surface area contributed by atoms with Crippen molar-refractivity contribution in [2.24, 2.45) is 0 Å². The van der Waals surface area contributed by atoms with Gasteiger partial charge in [-0.1, -0.05) is 44.2 Å². The Labute approximate surface area is 163 Å². The molecule has 0 saturated heterocycles. The molecule has 0 aliphatic carbocycles. The molecule has 1 N–H and O–H groups in total. The van der Waals surface area contributed by atoms with Crippen LogP contribution in [0.3, 0.4) is 0 Å². The molecule has 2 aromatic rings. The van der Waals surface area contributed by atoms with Crippen molar-refractivity contribution in [2.75, 3.05) is 25.5 Å². The number of carbonyl (C=O) groups excluding carboxylic acids is 1. The van der Waals surface area contributed by atoms with Crippen molar-refractivity contribution in [2.45, 2.75) is 24.7 Å². The normalized spacial score (nSPS) is 12.1. The first-order chi connectivity index (χ1) is 13.2. The third-order valence-electron chi connectivity index (χ3n) is 4.18. The van der Waals surface area contributed by atoms with Gasteiger partial charge in [0.25, 0.3) is 5.91 Å². The molecule has 0 fully saturated rings. The van der Waals surface area contributed by atoms with Crippen LogP contribution in [0.15, 0.2) is 53.4 Å². The lowest BCUT2D eigenvalue weighted by Gasteiger charge is -2.21. The molecule has 0 aliphatic rings. The molecule has 0 radical (unpaired) electrons. The molecular weight excluding hydrogens is 390 g/mol. The standard InChI is InChI=1S/C19H22F2N2O4S/c1-4-23(5-2)28(25,26)15-11-12-17(27-3)16(13-15)22-18(24)19(20,21)14-9-7-6-8-10-14/h6-13H,4-5H2,1-3H3,(H,22,24). The minimum atomic E-state index is -3.83. The summed E-state index contributed by atoms with van der Waals surface area (Å²) in [5.41, 5.74) is -0.630. The molecule has 0 aromatic heterocycles. The van der Waals surface area contributed by atoms with Crippen molar-refractivity contribution in [1.82, 2.24) is 4.31 Å². The second-order valence-corrected chi connectivity index (χ2v) is 7.78. The van der Waals surface area contributed by atoms with E-state index in [9.17, 15) is 22.0 Å². The molecule has 28 heavy (non-hydrogen) atoms. The average molecular weight is 412 g/mol. The molecule has 0 spiro atoms. The summed E-state index contributed by atoms with van der Waals surface area (Å²) < 4.78 is 60.6. The van der Waals surface area contributed by atoms with Crippen LogP contribution in [0.1, 0.15) is 19.4 Å². The number of nitrogens with zero attached hydrogens (tertiary/aromatic N) is 1. The van der Waals surface area contributed by atoms with Gasteiger partial charge in [-0.3, -0.25) is 4.79 Å². The Bertz CT molecular complexity index is 930. The van der Waals surface area contributed by atoms with Crippen molar-refractivity contribution in [3.63, 3.8) is 0 Å². The zero-order valence-corrected chi connectivity index (χ0v) is 16.6. The lowest BCUT2D eigenvalue weighted by Crippen LogP contribution is -2.33. The molecule has 0 saturated carbocycles. The number of hydrogen-bond acceptors (Lipinski definition) is 4. The largest absolute Gasteiger partial charge is 0.495 e. The van der Waals surface area contributed by atoms with Gasteiger partial charge in [-0.05, 0) is 18.2 Å². The van der Waals surface area contributed by atoms with E-state index in [-0.39, 0.29) is 29.4 Å². The number of carbonyl (C=O) groups is 1. The Hall–Kier alpha value is -2.52. The van der Waals surface area contributed by atoms with Gasteiger partial charge in [-0.25, -0.2) is 8.42 Å². The van der Waals surface area contributed by atoms with E-state index >= 15 is 0 Å². The molecule has 152 valence electrons. The number of benzene rings is 2. The van der Waals surface area contributed by atoms with E-state index in [1.165, 1.54) is 35.7 Å². The van der Waals surface area contributed by atoms with Crippen LogP contribution in [0.4, 0.5) is 14.5 Å². The number of amides is 1. The molecule has 9 heteroatoms. The minimum Gasteiger partial charge on any atom is -0.495 e. The smallest absolute Gasteiger partial charge is 0.350 e. The van der Waals surface area contributed by atoms with Gasteiger partial charge in [-0.15, -0.1) is 0 Å². The summed E-state index contributed by atoms with van der Waals surface area (Å²) >= 11 is 0. The first-order valence-electron chi connectivity index (χ1n) is 8.61. The number of methoxy groups -OCH3 is 1. The number of ether oxygens (including phenoxy) is 1. The number of rotatable bonds is 8. The molecule has 0 unspecified atom stereocenters. The molecule has 1 amide bonds. The van der Waals surface area contributed by atoms with Gasteiger partial charge in [0.05, 0.1) is 17.7 Å². The SMILES string of the molecule is CCN(CC)S(=O)(=O)c1ccc(OC)c(NC(=O)C(F)(F)c2ccccc2)c1.